The zero-order chi connectivity index (χ0) is 19.3. The van der Waals surface area contributed by atoms with Gasteiger partial charge < -0.3 is 10.1 Å². The molecule has 1 atom stereocenters. The van der Waals surface area contributed by atoms with Gasteiger partial charge in [0.2, 0.25) is 15.9 Å². The number of hydrogen-bond donors (Lipinski definition) is 2. The number of anilines is 1. The van der Waals surface area contributed by atoms with Crippen LogP contribution in [0.2, 0.25) is 0 Å². The van der Waals surface area contributed by atoms with E-state index in [0.717, 1.165) is 4.47 Å². The Morgan fingerprint density at radius 2 is 1.96 bits per heavy atom. The van der Waals surface area contributed by atoms with Crippen LogP contribution >= 0.6 is 15.9 Å². The largest absolute Gasteiger partial charge is 0.494 e. The zero-order valence-electron chi connectivity index (χ0n) is 14.7. The minimum atomic E-state index is -3.83. The number of halogens is 1. The summed E-state index contributed by atoms with van der Waals surface area (Å²) >= 11 is 3.32. The van der Waals surface area contributed by atoms with Crippen molar-refractivity contribution in [2.75, 3.05) is 11.9 Å². The van der Waals surface area contributed by atoms with E-state index in [1.165, 1.54) is 19.1 Å². The summed E-state index contributed by atoms with van der Waals surface area (Å²) in [5, 5.41) is 2.68. The van der Waals surface area contributed by atoms with Crippen LogP contribution < -0.4 is 14.8 Å². The molecule has 6 nitrogen and oxygen atoms in total. The number of carbonyl (C=O) groups is 1. The molecule has 26 heavy (non-hydrogen) atoms. The maximum atomic E-state index is 12.5. The summed E-state index contributed by atoms with van der Waals surface area (Å²) in [7, 11) is -3.83. The lowest BCUT2D eigenvalue weighted by atomic mass is 10.2. The Morgan fingerprint density at radius 3 is 2.58 bits per heavy atom. The second kappa shape index (κ2) is 8.66. The van der Waals surface area contributed by atoms with E-state index in [4.69, 9.17) is 4.74 Å². The maximum Gasteiger partial charge on any atom is 0.242 e. The first-order valence-corrected chi connectivity index (χ1v) is 10.3. The average Bonchev–Trinajstić information content (AvgIpc) is 2.56. The highest BCUT2D eigenvalue weighted by Gasteiger charge is 2.22. The van der Waals surface area contributed by atoms with Gasteiger partial charge in [0.25, 0.3) is 0 Å². The van der Waals surface area contributed by atoms with Gasteiger partial charge in [-0.1, -0.05) is 22.0 Å². The summed E-state index contributed by atoms with van der Waals surface area (Å²) in [6, 6.07) is 10.7. The molecular weight excluding hydrogens is 420 g/mol. The van der Waals surface area contributed by atoms with Crippen LogP contribution in [0.25, 0.3) is 0 Å². The minimum Gasteiger partial charge on any atom is -0.494 e. The third-order valence-corrected chi connectivity index (χ3v) is 5.61. The lowest BCUT2D eigenvalue weighted by Gasteiger charge is -2.15. The van der Waals surface area contributed by atoms with Crippen molar-refractivity contribution in [3.05, 3.63) is 52.5 Å². The molecule has 0 radical (unpaired) electrons. The number of benzene rings is 2. The highest BCUT2D eigenvalue weighted by atomic mass is 79.9. The summed E-state index contributed by atoms with van der Waals surface area (Å²) in [5.74, 6) is 0.182. The molecule has 140 valence electrons. The lowest BCUT2D eigenvalue weighted by molar-refractivity contribution is -0.117. The van der Waals surface area contributed by atoms with Gasteiger partial charge in [-0.15, -0.1) is 0 Å². The van der Waals surface area contributed by atoms with Gasteiger partial charge in [0.15, 0.2) is 0 Å². The molecule has 0 fully saturated rings. The molecule has 8 heteroatoms. The molecule has 0 saturated heterocycles. The first-order valence-electron chi connectivity index (χ1n) is 8.05. The summed E-state index contributed by atoms with van der Waals surface area (Å²) in [4.78, 5) is 12.3. The minimum absolute atomic E-state index is 0.0839. The Balaban J connectivity index is 2.10. The summed E-state index contributed by atoms with van der Waals surface area (Å²) in [6.07, 6.45) is 0. The normalized spacial score (nSPS) is 12.5. The molecule has 0 bridgehead atoms. The number of carbonyl (C=O) groups excluding carboxylic acids is 1. The van der Waals surface area contributed by atoms with Gasteiger partial charge >= 0.3 is 0 Å². The third-order valence-electron chi connectivity index (χ3n) is 3.57. The van der Waals surface area contributed by atoms with Crippen LogP contribution in [0.1, 0.15) is 19.4 Å². The van der Waals surface area contributed by atoms with Crippen LogP contribution in [0.3, 0.4) is 0 Å². The van der Waals surface area contributed by atoms with Crippen molar-refractivity contribution in [2.45, 2.75) is 31.7 Å². The fraction of sp³-hybridized carbons (Fsp3) is 0.278. The first kappa shape index (κ1) is 20.4. The highest BCUT2D eigenvalue weighted by molar-refractivity contribution is 9.10. The topological polar surface area (TPSA) is 84.5 Å². The van der Waals surface area contributed by atoms with Crippen LogP contribution in [0, 0.1) is 6.92 Å². The number of nitrogens with one attached hydrogen (secondary N) is 2. The molecule has 0 saturated carbocycles. The molecule has 2 aromatic rings. The third kappa shape index (κ3) is 5.30. The average molecular weight is 441 g/mol. The van der Waals surface area contributed by atoms with Crippen molar-refractivity contribution in [1.82, 2.24) is 4.72 Å². The fourth-order valence-electron chi connectivity index (χ4n) is 2.28. The van der Waals surface area contributed by atoms with Crippen molar-refractivity contribution < 1.29 is 17.9 Å². The van der Waals surface area contributed by atoms with Crippen molar-refractivity contribution >= 4 is 37.5 Å². The van der Waals surface area contributed by atoms with Crippen LogP contribution in [-0.2, 0) is 14.8 Å². The number of amides is 1. The van der Waals surface area contributed by atoms with Gasteiger partial charge in [-0.2, -0.15) is 4.72 Å². The lowest BCUT2D eigenvalue weighted by Crippen LogP contribution is -2.41. The van der Waals surface area contributed by atoms with Gasteiger partial charge in [0, 0.05) is 10.2 Å². The second-order valence-electron chi connectivity index (χ2n) is 5.70. The molecule has 0 aliphatic rings. The van der Waals surface area contributed by atoms with Gasteiger partial charge in [0.1, 0.15) is 5.75 Å². The molecule has 0 unspecified atom stereocenters. The quantitative estimate of drug-likeness (QED) is 0.690. The van der Waals surface area contributed by atoms with Crippen molar-refractivity contribution in [3.8, 4) is 5.75 Å². The standard InChI is InChI=1S/C18H21BrN2O4S/c1-4-25-17-9-8-16(10-12(17)2)26(23,24)21-13(3)18(22)20-15-7-5-6-14(19)11-15/h5-11,13,21H,4H2,1-3H3,(H,20,22)/t13-/m1/s1. The summed E-state index contributed by atoms with van der Waals surface area (Å²) in [6.45, 7) is 5.62. The molecule has 2 aromatic carbocycles. The van der Waals surface area contributed by atoms with E-state index in [2.05, 4.69) is 26.0 Å². The Bertz CT molecular complexity index is 900. The number of rotatable bonds is 7. The van der Waals surface area contributed by atoms with E-state index in [-0.39, 0.29) is 4.90 Å². The van der Waals surface area contributed by atoms with E-state index in [9.17, 15) is 13.2 Å². The predicted molar refractivity (Wildman–Crippen MR) is 105 cm³/mol. The van der Waals surface area contributed by atoms with Gasteiger partial charge in [-0.05, 0) is 62.7 Å². The Morgan fingerprint density at radius 1 is 1.23 bits per heavy atom. The predicted octanol–water partition coefficient (Wildman–Crippen LogP) is 3.46. The summed E-state index contributed by atoms with van der Waals surface area (Å²) < 4.78 is 33.7. The molecule has 1 amide bonds. The molecular formula is C18H21BrN2O4S. The molecule has 0 aromatic heterocycles. The van der Waals surface area contributed by atoms with Crippen LogP contribution in [0.15, 0.2) is 51.8 Å². The SMILES string of the molecule is CCOc1ccc(S(=O)(=O)N[C@H](C)C(=O)Nc2cccc(Br)c2)cc1C. The Labute approximate surface area is 162 Å². The fourth-order valence-corrected chi connectivity index (χ4v) is 3.96. The number of hydrogen-bond acceptors (Lipinski definition) is 4. The monoisotopic (exact) mass is 440 g/mol. The first-order chi connectivity index (χ1) is 12.2. The number of sulfonamides is 1. The van der Waals surface area contributed by atoms with E-state index in [1.807, 2.05) is 13.0 Å². The highest BCUT2D eigenvalue weighted by Crippen LogP contribution is 2.22. The van der Waals surface area contributed by atoms with Crippen LogP contribution in [0.5, 0.6) is 5.75 Å². The van der Waals surface area contributed by atoms with E-state index >= 15 is 0 Å². The van der Waals surface area contributed by atoms with Crippen molar-refractivity contribution in [2.24, 2.45) is 0 Å². The van der Waals surface area contributed by atoms with Gasteiger partial charge in [-0.25, -0.2) is 8.42 Å². The van der Waals surface area contributed by atoms with Gasteiger partial charge in [-0.3, -0.25) is 4.79 Å². The Hall–Kier alpha value is -1.90. The molecule has 2 N–H and O–H groups in total. The Kier molecular flexibility index (Phi) is 6.80. The smallest absolute Gasteiger partial charge is 0.242 e. The maximum absolute atomic E-state index is 12.5. The summed E-state index contributed by atoms with van der Waals surface area (Å²) in [5.41, 5.74) is 1.29. The number of ether oxygens (including phenoxy) is 1. The molecule has 2 rings (SSSR count). The molecule has 0 spiro atoms. The van der Waals surface area contributed by atoms with E-state index < -0.39 is 22.0 Å². The van der Waals surface area contributed by atoms with Crippen molar-refractivity contribution in [1.29, 1.82) is 0 Å². The van der Waals surface area contributed by atoms with E-state index in [1.54, 1.807) is 31.2 Å². The van der Waals surface area contributed by atoms with E-state index in [0.29, 0.717) is 23.6 Å². The molecule has 0 aliphatic carbocycles. The van der Waals surface area contributed by atoms with Crippen molar-refractivity contribution in [3.63, 3.8) is 0 Å². The second-order valence-corrected chi connectivity index (χ2v) is 8.33. The van der Waals surface area contributed by atoms with Gasteiger partial charge in [0.05, 0.1) is 17.5 Å². The zero-order valence-corrected chi connectivity index (χ0v) is 17.1. The number of aryl methyl sites for hydroxylation is 1. The van der Waals surface area contributed by atoms with Crippen LogP contribution in [-0.4, -0.2) is 27.0 Å². The molecule has 0 heterocycles. The van der Waals surface area contributed by atoms with Crippen LogP contribution in [0.4, 0.5) is 5.69 Å². The molecule has 0 aliphatic heterocycles.